The molecule has 0 aliphatic carbocycles. The highest BCUT2D eigenvalue weighted by atomic mass is 16.5. The predicted molar refractivity (Wildman–Crippen MR) is 69.6 cm³/mol. The first kappa shape index (κ1) is 12.7. The molecule has 0 aliphatic heterocycles. The fourth-order valence-electron chi connectivity index (χ4n) is 1.63. The van der Waals surface area contributed by atoms with E-state index in [0.29, 0.717) is 11.3 Å². The van der Waals surface area contributed by atoms with E-state index in [9.17, 15) is 4.79 Å². The molecule has 0 spiro atoms. The molecule has 0 N–H and O–H groups in total. The number of benzene rings is 1. The first-order valence-electron chi connectivity index (χ1n) is 5.59. The molecule has 0 bridgehead atoms. The maximum atomic E-state index is 12.0. The number of rotatable bonds is 4. The lowest BCUT2D eigenvalue weighted by Crippen LogP contribution is -2.00. The van der Waals surface area contributed by atoms with Crippen molar-refractivity contribution < 1.29 is 13.9 Å². The number of ketones is 1. The summed E-state index contributed by atoms with van der Waals surface area (Å²) in [6.07, 6.45) is 2.88. The summed E-state index contributed by atoms with van der Waals surface area (Å²) in [5, 5.41) is 9.10. The molecule has 4 heteroatoms. The van der Waals surface area contributed by atoms with E-state index in [4.69, 9.17) is 14.4 Å². The minimum Gasteiger partial charge on any atom is -0.496 e. The minimum absolute atomic E-state index is 0.000509. The van der Waals surface area contributed by atoms with Gasteiger partial charge in [-0.15, -0.1) is 0 Å². The quantitative estimate of drug-likeness (QED) is 0.477. The third-order valence-corrected chi connectivity index (χ3v) is 2.55. The Morgan fingerprint density at radius 2 is 2.11 bits per heavy atom. The number of furan rings is 1. The number of allylic oxidation sites excluding steroid dienone is 1. The molecule has 0 unspecified atom stereocenters. The Labute approximate surface area is 110 Å². The summed E-state index contributed by atoms with van der Waals surface area (Å²) in [7, 11) is 1.53. The number of ether oxygens (including phenoxy) is 1. The molecule has 1 aromatic heterocycles. The fraction of sp³-hybridized carbons (Fsp3) is 0.0667. The van der Waals surface area contributed by atoms with Gasteiger partial charge in [0.05, 0.1) is 13.4 Å². The molecule has 0 aliphatic rings. The van der Waals surface area contributed by atoms with E-state index in [0.717, 1.165) is 0 Å². The number of Topliss-reactive ketones (excluding diaryl/α,β-unsaturated/α-hetero) is 1. The SMILES string of the molecule is COc1ccccc1/C=C(\C#N)C(=O)c1ccco1. The lowest BCUT2D eigenvalue weighted by molar-refractivity contribution is 0.101. The average molecular weight is 253 g/mol. The second-order valence-electron chi connectivity index (χ2n) is 3.72. The van der Waals surface area contributed by atoms with Crippen LogP contribution in [-0.2, 0) is 0 Å². The standard InChI is InChI=1S/C15H11NO3/c1-18-13-6-3-2-5-11(13)9-12(10-16)15(17)14-7-4-8-19-14/h2-9H,1H3/b12-9+. The van der Waals surface area contributed by atoms with E-state index in [-0.39, 0.29) is 11.3 Å². The summed E-state index contributed by atoms with van der Waals surface area (Å²) in [5.41, 5.74) is 0.668. The molecular weight excluding hydrogens is 242 g/mol. The average Bonchev–Trinajstić information content (AvgIpc) is 2.98. The highest BCUT2D eigenvalue weighted by Crippen LogP contribution is 2.21. The van der Waals surface area contributed by atoms with Crippen LogP contribution in [0.3, 0.4) is 0 Å². The van der Waals surface area contributed by atoms with Gasteiger partial charge in [-0.2, -0.15) is 5.26 Å². The number of carbonyl (C=O) groups excluding carboxylic acids is 1. The van der Waals surface area contributed by atoms with Gasteiger partial charge in [-0.3, -0.25) is 4.79 Å². The van der Waals surface area contributed by atoms with E-state index in [1.807, 2.05) is 12.1 Å². The smallest absolute Gasteiger partial charge is 0.238 e. The number of carbonyl (C=O) groups is 1. The molecule has 0 fully saturated rings. The number of methoxy groups -OCH3 is 1. The summed E-state index contributed by atoms with van der Waals surface area (Å²) >= 11 is 0. The van der Waals surface area contributed by atoms with Gasteiger partial charge in [0.1, 0.15) is 17.4 Å². The Morgan fingerprint density at radius 1 is 1.32 bits per heavy atom. The molecule has 1 heterocycles. The van der Waals surface area contributed by atoms with E-state index in [1.165, 1.54) is 25.5 Å². The minimum atomic E-state index is -0.446. The van der Waals surface area contributed by atoms with Gasteiger partial charge in [0, 0.05) is 5.56 Å². The summed E-state index contributed by atoms with van der Waals surface area (Å²) in [5.74, 6) is 0.295. The zero-order valence-corrected chi connectivity index (χ0v) is 10.3. The number of hydrogen-bond acceptors (Lipinski definition) is 4. The van der Waals surface area contributed by atoms with Crippen LogP contribution in [-0.4, -0.2) is 12.9 Å². The highest BCUT2D eigenvalue weighted by Gasteiger charge is 2.15. The number of nitrogens with zero attached hydrogens (tertiary/aromatic N) is 1. The van der Waals surface area contributed by atoms with Crippen LogP contribution in [0.1, 0.15) is 16.1 Å². The zero-order chi connectivity index (χ0) is 13.7. The zero-order valence-electron chi connectivity index (χ0n) is 10.3. The summed E-state index contributed by atoms with van der Waals surface area (Å²) in [4.78, 5) is 12.0. The first-order chi connectivity index (χ1) is 9.26. The third kappa shape index (κ3) is 2.72. The van der Waals surface area contributed by atoms with Crippen molar-refractivity contribution in [1.82, 2.24) is 0 Å². The maximum Gasteiger partial charge on any atom is 0.238 e. The van der Waals surface area contributed by atoms with Crippen molar-refractivity contribution in [2.75, 3.05) is 7.11 Å². The van der Waals surface area contributed by atoms with Gasteiger partial charge < -0.3 is 9.15 Å². The molecule has 0 saturated heterocycles. The molecule has 0 saturated carbocycles. The topological polar surface area (TPSA) is 63.2 Å². The van der Waals surface area contributed by atoms with Gasteiger partial charge in [0.25, 0.3) is 0 Å². The van der Waals surface area contributed by atoms with Crippen LogP contribution in [0.4, 0.5) is 0 Å². The van der Waals surface area contributed by atoms with Crippen LogP contribution in [0.25, 0.3) is 6.08 Å². The fourth-order valence-corrected chi connectivity index (χ4v) is 1.63. The van der Waals surface area contributed by atoms with E-state index in [1.54, 1.807) is 24.3 Å². The Balaban J connectivity index is 2.40. The summed E-state index contributed by atoms with van der Waals surface area (Å²) in [6, 6.07) is 12.2. The van der Waals surface area contributed by atoms with Crippen molar-refractivity contribution in [2.24, 2.45) is 0 Å². The predicted octanol–water partition coefficient (Wildman–Crippen LogP) is 3.08. The number of nitriles is 1. The third-order valence-electron chi connectivity index (χ3n) is 2.55. The van der Waals surface area contributed by atoms with Crippen molar-refractivity contribution in [2.45, 2.75) is 0 Å². The molecule has 0 radical (unpaired) electrons. The van der Waals surface area contributed by atoms with Crippen LogP contribution < -0.4 is 4.74 Å². The van der Waals surface area contributed by atoms with Gasteiger partial charge in [-0.25, -0.2) is 0 Å². The molecule has 2 aromatic rings. The van der Waals surface area contributed by atoms with Crippen molar-refractivity contribution in [3.63, 3.8) is 0 Å². The Morgan fingerprint density at radius 3 is 2.74 bits per heavy atom. The van der Waals surface area contributed by atoms with E-state index in [2.05, 4.69) is 0 Å². The molecular formula is C15H11NO3. The van der Waals surface area contributed by atoms with Gasteiger partial charge >= 0.3 is 0 Å². The van der Waals surface area contributed by atoms with Crippen LogP contribution >= 0.6 is 0 Å². The highest BCUT2D eigenvalue weighted by molar-refractivity contribution is 6.12. The van der Waals surface area contributed by atoms with E-state index < -0.39 is 5.78 Å². The first-order valence-corrected chi connectivity index (χ1v) is 5.59. The van der Waals surface area contributed by atoms with Gasteiger partial charge in [0.2, 0.25) is 5.78 Å². The molecule has 2 rings (SSSR count). The lowest BCUT2D eigenvalue weighted by atomic mass is 10.1. The van der Waals surface area contributed by atoms with Crippen molar-refractivity contribution in [1.29, 1.82) is 5.26 Å². The summed E-state index contributed by atoms with van der Waals surface area (Å²) in [6.45, 7) is 0. The van der Waals surface area contributed by atoms with Crippen LogP contribution in [0.15, 0.2) is 52.7 Å². The van der Waals surface area contributed by atoms with Crippen molar-refractivity contribution in [3.8, 4) is 11.8 Å². The van der Waals surface area contributed by atoms with Gasteiger partial charge in [-0.1, -0.05) is 18.2 Å². The molecule has 19 heavy (non-hydrogen) atoms. The van der Waals surface area contributed by atoms with Crippen molar-refractivity contribution >= 4 is 11.9 Å². The molecule has 0 atom stereocenters. The molecule has 4 nitrogen and oxygen atoms in total. The molecule has 94 valence electrons. The molecule has 0 amide bonds. The van der Waals surface area contributed by atoms with Crippen LogP contribution in [0.5, 0.6) is 5.75 Å². The number of hydrogen-bond donors (Lipinski definition) is 0. The maximum absolute atomic E-state index is 12.0. The number of para-hydroxylation sites is 1. The Hall–Kier alpha value is -2.80. The van der Waals surface area contributed by atoms with Crippen LogP contribution in [0.2, 0.25) is 0 Å². The van der Waals surface area contributed by atoms with Gasteiger partial charge in [-0.05, 0) is 24.3 Å². The largest absolute Gasteiger partial charge is 0.496 e. The van der Waals surface area contributed by atoms with Crippen molar-refractivity contribution in [3.05, 3.63) is 59.6 Å². The summed E-state index contributed by atoms with van der Waals surface area (Å²) < 4.78 is 10.2. The second-order valence-corrected chi connectivity index (χ2v) is 3.72. The molecule has 1 aromatic carbocycles. The monoisotopic (exact) mass is 253 g/mol. The van der Waals surface area contributed by atoms with E-state index >= 15 is 0 Å². The second kappa shape index (κ2) is 5.69. The Bertz CT molecular complexity index is 648. The van der Waals surface area contributed by atoms with Gasteiger partial charge in [0.15, 0.2) is 5.76 Å². The van der Waals surface area contributed by atoms with Crippen LogP contribution in [0, 0.1) is 11.3 Å². The lowest BCUT2D eigenvalue weighted by Gasteiger charge is -2.04. The Kier molecular flexibility index (Phi) is 3.79. The normalized spacial score (nSPS) is 10.8.